The van der Waals surface area contributed by atoms with E-state index in [0.717, 1.165) is 4.57 Å². The van der Waals surface area contributed by atoms with Crippen molar-refractivity contribution < 1.29 is 0 Å². The zero-order chi connectivity index (χ0) is 10.9. The lowest BCUT2D eigenvalue weighted by atomic mass is 10.4. The molecule has 0 N–H and O–H groups in total. The molecule has 0 amide bonds. The van der Waals surface area contributed by atoms with Crippen molar-refractivity contribution in [3.05, 3.63) is 32.6 Å². The third-order valence-electron chi connectivity index (χ3n) is 2.04. The number of halogens is 1. The van der Waals surface area contributed by atoms with Gasteiger partial charge in [0.1, 0.15) is 0 Å². The molecule has 4 nitrogen and oxygen atoms in total. The van der Waals surface area contributed by atoms with Gasteiger partial charge in [-0.25, -0.2) is 4.79 Å². The molecule has 14 heavy (non-hydrogen) atoms. The van der Waals surface area contributed by atoms with E-state index in [4.69, 9.17) is 0 Å². The molecule has 0 spiro atoms. The van der Waals surface area contributed by atoms with E-state index in [0.29, 0.717) is 12.2 Å². The third kappa shape index (κ3) is 2.15. The summed E-state index contributed by atoms with van der Waals surface area (Å²) in [5, 5.41) is 0. The molecule has 0 fully saturated rings. The monoisotopic (exact) mass is 260 g/mol. The fourth-order valence-corrected chi connectivity index (χ4v) is 1.54. The molecule has 1 aromatic heterocycles. The van der Waals surface area contributed by atoms with Gasteiger partial charge >= 0.3 is 5.69 Å². The van der Waals surface area contributed by atoms with Gasteiger partial charge in [0.2, 0.25) is 0 Å². The Kier molecular flexibility index (Phi) is 3.31. The summed E-state index contributed by atoms with van der Waals surface area (Å²) in [5.74, 6) is 0. The first-order valence-corrected chi connectivity index (χ1v) is 5.26. The van der Waals surface area contributed by atoms with Crippen LogP contribution in [-0.4, -0.2) is 14.0 Å². The van der Waals surface area contributed by atoms with E-state index < -0.39 is 0 Å². The van der Waals surface area contributed by atoms with E-state index in [1.54, 1.807) is 11.5 Å². The highest BCUT2D eigenvalue weighted by atomic mass is 79.9. The van der Waals surface area contributed by atoms with Crippen molar-refractivity contribution in [1.29, 1.82) is 0 Å². The van der Waals surface area contributed by atoms with Crippen LogP contribution in [0.3, 0.4) is 0 Å². The van der Waals surface area contributed by atoms with Crippen LogP contribution in [0, 0.1) is 6.92 Å². The quantitative estimate of drug-likeness (QED) is 0.733. The standard InChI is InChI=1S/C9H13BrN2O2/c1-6(10)5-12-7(2)4-8(13)11(3)9(12)14/h4,6H,5H2,1-3H3/t6-/m1/s1. The molecule has 0 aliphatic carbocycles. The first-order valence-electron chi connectivity index (χ1n) is 4.35. The molecule has 0 saturated heterocycles. The van der Waals surface area contributed by atoms with Gasteiger partial charge in [-0.2, -0.15) is 0 Å². The Bertz CT molecular complexity index is 445. The first-order chi connectivity index (χ1) is 6.43. The van der Waals surface area contributed by atoms with E-state index in [9.17, 15) is 9.59 Å². The molecule has 0 radical (unpaired) electrons. The highest BCUT2D eigenvalue weighted by molar-refractivity contribution is 9.09. The van der Waals surface area contributed by atoms with Gasteiger partial charge in [-0.05, 0) is 6.92 Å². The lowest BCUT2D eigenvalue weighted by molar-refractivity contribution is 0.584. The summed E-state index contributed by atoms with van der Waals surface area (Å²) in [7, 11) is 1.49. The average Bonchev–Trinajstić information content (AvgIpc) is 2.09. The molecule has 0 aliphatic heterocycles. The molecule has 78 valence electrons. The van der Waals surface area contributed by atoms with Crippen molar-refractivity contribution in [2.24, 2.45) is 7.05 Å². The van der Waals surface area contributed by atoms with Crippen molar-refractivity contribution in [3.63, 3.8) is 0 Å². The van der Waals surface area contributed by atoms with Crippen molar-refractivity contribution in [2.45, 2.75) is 25.2 Å². The zero-order valence-electron chi connectivity index (χ0n) is 8.45. The molecular formula is C9H13BrN2O2. The van der Waals surface area contributed by atoms with Gasteiger partial charge in [0.25, 0.3) is 5.56 Å². The second-order valence-electron chi connectivity index (χ2n) is 3.36. The number of hydrogen-bond acceptors (Lipinski definition) is 2. The Balaban J connectivity index is 3.37. The first kappa shape index (κ1) is 11.2. The molecule has 0 aliphatic rings. The number of hydrogen-bond donors (Lipinski definition) is 0. The highest BCUT2D eigenvalue weighted by Crippen LogP contribution is 2.01. The van der Waals surface area contributed by atoms with Gasteiger partial charge in [-0.3, -0.25) is 13.9 Å². The summed E-state index contributed by atoms with van der Waals surface area (Å²) < 4.78 is 2.70. The number of aryl methyl sites for hydroxylation is 1. The fourth-order valence-electron chi connectivity index (χ4n) is 1.25. The van der Waals surface area contributed by atoms with Crippen LogP contribution >= 0.6 is 15.9 Å². The van der Waals surface area contributed by atoms with Crippen LogP contribution in [0.2, 0.25) is 0 Å². The van der Waals surface area contributed by atoms with E-state index in [-0.39, 0.29) is 16.1 Å². The van der Waals surface area contributed by atoms with Crippen LogP contribution in [0.5, 0.6) is 0 Å². The fraction of sp³-hybridized carbons (Fsp3) is 0.556. The third-order valence-corrected chi connectivity index (χ3v) is 2.33. The van der Waals surface area contributed by atoms with Gasteiger partial charge in [0.15, 0.2) is 0 Å². The van der Waals surface area contributed by atoms with Crippen molar-refractivity contribution >= 4 is 15.9 Å². The number of alkyl halides is 1. The van der Waals surface area contributed by atoms with E-state index in [1.807, 2.05) is 6.92 Å². The van der Waals surface area contributed by atoms with E-state index in [2.05, 4.69) is 15.9 Å². The molecule has 1 aromatic rings. The van der Waals surface area contributed by atoms with Gasteiger partial charge in [-0.1, -0.05) is 22.9 Å². The second-order valence-corrected chi connectivity index (χ2v) is 4.92. The molecule has 1 rings (SSSR count). The maximum absolute atomic E-state index is 11.7. The largest absolute Gasteiger partial charge is 0.330 e. The van der Waals surface area contributed by atoms with Crippen molar-refractivity contribution in [1.82, 2.24) is 9.13 Å². The number of rotatable bonds is 2. The molecule has 0 bridgehead atoms. The van der Waals surface area contributed by atoms with Crippen LogP contribution in [-0.2, 0) is 13.6 Å². The summed E-state index contributed by atoms with van der Waals surface area (Å²) in [6.45, 7) is 4.29. The Morgan fingerprint density at radius 3 is 2.57 bits per heavy atom. The number of aromatic nitrogens is 2. The predicted molar refractivity (Wildman–Crippen MR) is 59.1 cm³/mol. The van der Waals surface area contributed by atoms with Gasteiger partial charge in [-0.15, -0.1) is 0 Å². The van der Waals surface area contributed by atoms with Gasteiger partial charge in [0.05, 0.1) is 0 Å². The van der Waals surface area contributed by atoms with Crippen LogP contribution in [0.15, 0.2) is 15.7 Å². The van der Waals surface area contributed by atoms with E-state index in [1.165, 1.54) is 13.1 Å². The second kappa shape index (κ2) is 4.13. The lowest BCUT2D eigenvalue weighted by Gasteiger charge is -2.11. The molecular weight excluding hydrogens is 248 g/mol. The highest BCUT2D eigenvalue weighted by Gasteiger charge is 2.07. The van der Waals surface area contributed by atoms with Crippen LogP contribution in [0.4, 0.5) is 0 Å². The summed E-state index contributed by atoms with van der Waals surface area (Å²) in [5.41, 5.74) is 0.177. The van der Waals surface area contributed by atoms with Crippen molar-refractivity contribution in [2.75, 3.05) is 0 Å². The Hall–Kier alpha value is -0.840. The van der Waals surface area contributed by atoms with Gasteiger partial charge < -0.3 is 0 Å². The molecule has 1 atom stereocenters. The predicted octanol–water partition coefficient (Wildman–Crippen LogP) is 0.639. The average molecular weight is 261 g/mol. The normalized spacial score (nSPS) is 12.9. The van der Waals surface area contributed by atoms with Crippen molar-refractivity contribution in [3.8, 4) is 0 Å². The minimum atomic E-state index is -0.263. The Morgan fingerprint density at radius 1 is 1.50 bits per heavy atom. The molecule has 5 heteroatoms. The lowest BCUT2D eigenvalue weighted by Crippen LogP contribution is -2.39. The summed E-state index contributed by atoms with van der Waals surface area (Å²) in [6, 6.07) is 1.47. The maximum atomic E-state index is 11.7. The van der Waals surface area contributed by atoms with Crippen LogP contribution < -0.4 is 11.2 Å². The zero-order valence-corrected chi connectivity index (χ0v) is 10.0. The SMILES string of the molecule is Cc1cc(=O)n(C)c(=O)n1C[C@@H](C)Br. The molecule has 0 unspecified atom stereocenters. The summed E-state index contributed by atoms with van der Waals surface area (Å²) >= 11 is 3.38. The van der Waals surface area contributed by atoms with Crippen LogP contribution in [0.1, 0.15) is 12.6 Å². The van der Waals surface area contributed by atoms with E-state index >= 15 is 0 Å². The summed E-state index contributed by atoms with van der Waals surface area (Å²) in [6.07, 6.45) is 0. The van der Waals surface area contributed by atoms with Gasteiger partial charge in [0, 0.05) is 30.2 Å². The Labute approximate surface area is 90.3 Å². The summed E-state index contributed by atoms with van der Waals surface area (Å²) in [4.78, 5) is 23.1. The molecule has 0 saturated carbocycles. The smallest absolute Gasteiger partial charge is 0.297 e. The molecule has 1 heterocycles. The molecule has 0 aromatic carbocycles. The van der Waals surface area contributed by atoms with Crippen LogP contribution in [0.25, 0.3) is 0 Å². The minimum absolute atomic E-state index is 0.205. The Morgan fingerprint density at radius 2 is 2.07 bits per heavy atom. The maximum Gasteiger partial charge on any atom is 0.330 e. The topological polar surface area (TPSA) is 44.0 Å². The minimum Gasteiger partial charge on any atom is -0.297 e. The number of nitrogens with zero attached hydrogens (tertiary/aromatic N) is 2.